The summed E-state index contributed by atoms with van der Waals surface area (Å²) in [5.74, 6) is -5.65. The Balaban J connectivity index is 1.34. The van der Waals surface area contributed by atoms with Crippen molar-refractivity contribution >= 4 is 17.7 Å². The SMILES string of the molecule is CC[C@@H](C(=O)[C@@H](C)[C@@H](O)[C@H](N)[C@H]1CCC[C@H]([C@@H](CC)C(=O)OC)O1)[C@H]1O[C@@]2(C=C[C@H](OC(C)=O)[C@]3(CC[C@@](C)([C@H]4CC[C@](O)(CC)[C@H](C)O4)O3)O2)[C@H](C)C[C@@H]1C. The summed E-state index contributed by atoms with van der Waals surface area (Å²) in [7, 11) is 1.37. The van der Waals surface area contributed by atoms with Crippen molar-refractivity contribution in [1.82, 2.24) is 0 Å². The molecule has 5 aliphatic rings. The largest absolute Gasteiger partial charge is 0.469 e. The zero-order valence-corrected chi connectivity index (χ0v) is 35.5. The fourth-order valence-electron chi connectivity index (χ4n) is 10.4. The summed E-state index contributed by atoms with van der Waals surface area (Å²) in [5.41, 5.74) is 4.96. The van der Waals surface area contributed by atoms with E-state index in [1.807, 2.05) is 40.7 Å². The molecule has 56 heavy (non-hydrogen) atoms. The zero-order chi connectivity index (χ0) is 41.4. The summed E-state index contributed by atoms with van der Waals surface area (Å²) in [6, 6.07) is -0.844. The second kappa shape index (κ2) is 17.7. The fourth-order valence-corrected chi connectivity index (χ4v) is 10.4. The number of aliphatic hydroxyl groups excluding tert-OH is 1. The maximum atomic E-state index is 14.5. The number of aliphatic hydroxyl groups is 2. The van der Waals surface area contributed by atoms with Crippen LogP contribution in [-0.4, -0.2) is 107 Å². The topological polar surface area (TPSA) is 182 Å². The summed E-state index contributed by atoms with van der Waals surface area (Å²) < 4.78 is 44.7. The number of nitrogens with two attached hydrogens (primary N) is 1. The van der Waals surface area contributed by atoms with Gasteiger partial charge in [-0.15, -0.1) is 0 Å². The molecule has 0 saturated carbocycles. The molecule has 2 spiro atoms. The van der Waals surface area contributed by atoms with Crippen LogP contribution in [0.25, 0.3) is 0 Å². The number of methoxy groups -OCH3 is 1. The highest BCUT2D eigenvalue weighted by Crippen LogP contribution is 2.54. The smallest absolute Gasteiger partial charge is 0.311 e. The van der Waals surface area contributed by atoms with E-state index in [4.69, 9.17) is 38.9 Å². The molecule has 13 heteroatoms. The molecule has 0 aromatic carbocycles. The average Bonchev–Trinajstić information content (AvgIpc) is 3.52. The lowest BCUT2D eigenvalue weighted by molar-refractivity contribution is -0.409. The van der Waals surface area contributed by atoms with Gasteiger partial charge in [0.25, 0.3) is 0 Å². The van der Waals surface area contributed by atoms with Gasteiger partial charge in [0.1, 0.15) is 5.78 Å². The summed E-state index contributed by atoms with van der Waals surface area (Å²) in [6.45, 7) is 16.9. The van der Waals surface area contributed by atoms with E-state index in [0.29, 0.717) is 64.2 Å². The van der Waals surface area contributed by atoms with E-state index in [1.54, 1.807) is 13.0 Å². The Labute approximate surface area is 334 Å². The van der Waals surface area contributed by atoms with Crippen LogP contribution in [0, 0.1) is 29.6 Å². The molecular weight excluding hydrogens is 722 g/mol. The molecule has 4 saturated heterocycles. The van der Waals surface area contributed by atoms with Crippen LogP contribution >= 0.6 is 0 Å². The fraction of sp³-hybridized carbons (Fsp3) is 0.884. The first kappa shape index (κ1) is 45.1. The van der Waals surface area contributed by atoms with E-state index in [9.17, 15) is 24.6 Å². The Hall–Kier alpha value is -1.97. The van der Waals surface area contributed by atoms with Crippen LogP contribution < -0.4 is 5.73 Å². The van der Waals surface area contributed by atoms with Crippen LogP contribution in [0.3, 0.4) is 0 Å². The number of ether oxygens (including phenoxy) is 7. The number of hydrogen-bond acceptors (Lipinski definition) is 13. The molecule has 0 unspecified atom stereocenters. The number of Topliss-reactive ketones (excluding diaryl/α,β-unsaturated/α-hetero) is 1. The van der Waals surface area contributed by atoms with Crippen molar-refractivity contribution in [3.8, 4) is 0 Å². The summed E-state index contributed by atoms with van der Waals surface area (Å²) in [5, 5.41) is 22.7. The number of carbonyl (C=O) groups excluding carboxylic acids is 3. The molecular formula is C43H71NO12. The first-order valence-corrected chi connectivity index (χ1v) is 21.4. The van der Waals surface area contributed by atoms with E-state index in [2.05, 4.69) is 13.8 Å². The Morgan fingerprint density at radius 3 is 2.25 bits per heavy atom. The lowest BCUT2D eigenvalue weighted by atomic mass is 9.73. The van der Waals surface area contributed by atoms with Gasteiger partial charge in [0, 0.05) is 31.1 Å². The van der Waals surface area contributed by atoms with Gasteiger partial charge in [-0.25, -0.2) is 0 Å². The van der Waals surface area contributed by atoms with E-state index in [0.717, 1.165) is 6.42 Å². The Morgan fingerprint density at radius 1 is 0.964 bits per heavy atom. The number of esters is 2. The van der Waals surface area contributed by atoms with Crippen LogP contribution in [-0.2, 0) is 47.5 Å². The summed E-state index contributed by atoms with van der Waals surface area (Å²) in [4.78, 5) is 39.3. The Bertz CT molecular complexity index is 1430. The third kappa shape index (κ3) is 8.67. The first-order chi connectivity index (χ1) is 26.3. The highest BCUT2D eigenvalue weighted by atomic mass is 16.8. The van der Waals surface area contributed by atoms with Gasteiger partial charge >= 0.3 is 11.9 Å². The maximum absolute atomic E-state index is 14.5. The molecule has 0 amide bonds. The van der Waals surface area contributed by atoms with Crippen LogP contribution in [0.4, 0.5) is 0 Å². The van der Waals surface area contributed by atoms with Crippen molar-refractivity contribution in [1.29, 1.82) is 0 Å². The molecule has 17 atom stereocenters. The molecule has 0 aliphatic carbocycles. The van der Waals surface area contributed by atoms with Crippen molar-refractivity contribution in [2.24, 2.45) is 35.3 Å². The van der Waals surface area contributed by atoms with Gasteiger partial charge in [0.15, 0.2) is 11.9 Å². The quantitative estimate of drug-likeness (QED) is 0.162. The van der Waals surface area contributed by atoms with Gasteiger partial charge in [-0.2, -0.15) is 0 Å². The minimum Gasteiger partial charge on any atom is -0.469 e. The molecule has 5 aliphatic heterocycles. The number of carbonyl (C=O) groups is 3. The third-order valence-corrected chi connectivity index (χ3v) is 14.2. The van der Waals surface area contributed by atoms with Crippen LogP contribution in [0.2, 0.25) is 0 Å². The molecule has 13 nitrogen and oxygen atoms in total. The van der Waals surface area contributed by atoms with Gasteiger partial charge in [-0.1, -0.05) is 41.5 Å². The molecule has 0 bridgehead atoms. The van der Waals surface area contributed by atoms with Crippen molar-refractivity contribution in [2.75, 3.05) is 7.11 Å². The minimum atomic E-state index is -1.38. The molecule has 4 fully saturated rings. The van der Waals surface area contributed by atoms with E-state index in [1.165, 1.54) is 14.0 Å². The number of rotatable bonds is 13. The van der Waals surface area contributed by atoms with E-state index >= 15 is 0 Å². The van der Waals surface area contributed by atoms with E-state index in [-0.39, 0.29) is 41.9 Å². The van der Waals surface area contributed by atoms with Gasteiger partial charge in [-0.3, -0.25) is 14.4 Å². The molecule has 5 heterocycles. The first-order valence-electron chi connectivity index (χ1n) is 21.4. The molecule has 4 N–H and O–H groups in total. The van der Waals surface area contributed by atoms with Crippen LogP contribution in [0.1, 0.15) is 133 Å². The maximum Gasteiger partial charge on any atom is 0.311 e. The van der Waals surface area contributed by atoms with E-state index < -0.39 is 77.0 Å². The average molecular weight is 794 g/mol. The zero-order valence-electron chi connectivity index (χ0n) is 35.5. The molecule has 0 radical (unpaired) electrons. The molecule has 5 rings (SSSR count). The number of ketones is 1. The van der Waals surface area contributed by atoms with Crippen molar-refractivity contribution in [2.45, 2.75) is 204 Å². The van der Waals surface area contributed by atoms with Crippen molar-refractivity contribution in [3.05, 3.63) is 12.2 Å². The molecule has 0 aromatic heterocycles. The second-order valence-corrected chi connectivity index (χ2v) is 17.9. The normalized spacial score (nSPS) is 42.8. The lowest BCUT2D eigenvalue weighted by Crippen LogP contribution is -2.63. The number of hydrogen-bond donors (Lipinski definition) is 3. The lowest BCUT2D eigenvalue weighted by Gasteiger charge is -2.54. The Kier molecular flexibility index (Phi) is 14.3. The molecule has 0 aromatic rings. The minimum absolute atomic E-state index is 0.0300. The predicted octanol–water partition coefficient (Wildman–Crippen LogP) is 5.29. The Morgan fingerprint density at radius 2 is 1.64 bits per heavy atom. The predicted molar refractivity (Wildman–Crippen MR) is 207 cm³/mol. The van der Waals surface area contributed by atoms with Gasteiger partial charge in [0.05, 0.1) is 66.9 Å². The monoisotopic (exact) mass is 793 g/mol. The molecule has 320 valence electrons. The standard InChI is InChI=1S/C43H71NO12/c1-11-29(39(48)50-10)31-15-14-16-32(53-31)35(44)37(47)26(6)36(46)30(12-2)38-24(4)23-25(5)42(54-38)20-18-34(52-28(8)45)43(56-42)22-21-40(9,55-43)33-17-19-41(49,13-3)27(7)51-33/h18,20,24-27,29-35,37-38,47,49H,11-17,19,21-23,44H2,1-10H3/t24-,25+,26+,27-,29+,30-,31+,32+,33+,34-,35+,37+,38-,40-,41+,42+,43-/m0/s1. The van der Waals surface area contributed by atoms with Crippen molar-refractivity contribution < 1.29 is 57.8 Å². The highest BCUT2D eigenvalue weighted by Gasteiger charge is 2.64. The van der Waals surface area contributed by atoms with Gasteiger partial charge in [0.2, 0.25) is 5.79 Å². The van der Waals surface area contributed by atoms with Gasteiger partial charge < -0.3 is 49.1 Å². The second-order valence-electron chi connectivity index (χ2n) is 17.9. The van der Waals surface area contributed by atoms with Gasteiger partial charge in [-0.05, 0) is 96.1 Å². The highest BCUT2D eigenvalue weighted by molar-refractivity contribution is 5.84. The van der Waals surface area contributed by atoms with Crippen LogP contribution in [0.15, 0.2) is 12.2 Å². The van der Waals surface area contributed by atoms with Crippen LogP contribution in [0.5, 0.6) is 0 Å². The summed E-state index contributed by atoms with van der Waals surface area (Å²) in [6.07, 6.45) is 5.90. The third-order valence-electron chi connectivity index (χ3n) is 14.2. The van der Waals surface area contributed by atoms with Crippen molar-refractivity contribution in [3.63, 3.8) is 0 Å². The summed E-state index contributed by atoms with van der Waals surface area (Å²) >= 11 is 0.